The van der Waals surface area contributed by atoms with Crippen molar-refractivity contribution in [3.8, 4) is 11.8 Å². The van der Waals surface area contributed by atoms with Crippen LogP contribution in [0.4, 0.5) is 18.9 Å². The summed E-state index contributed by atoms with van der Waals surface area (Å²) < 4.78 is 43.7. The number of fused-ring (bicyclic) bond motifs is 1. The van der Waals surface area contributed by atoms with Crippen LogP contribution in [-0.2, 0) is 11.0 Å². The second-order valence-corrected chi connectivity index (χ2v) is 5.25. The molecule has 3 rings (SSSR count). The summed E-state index contributed by atoms with van der Waals surface area (Å²) in [6.07, 6.45) is -2.95. The van der Waals surface area contributed by atoms with E-state index in [9.17, 15) is 18.0 Å². The van der Waals surface area contributed by atoms with Crippen molar-refractivity contribution in [2.75, 3.05) is 11.9 Å². The minimum absolute atomic E-state index is 0.112. The zero-order valence-electron chi connectivity index (χ0n) is 12.7. The van der Waals surface area contributed by atoms with E-state index >= 15 is 0 Å². The number of nitrogens with zero attached hydrogens (tertiary/aromatic N) is 1. The zero-order chi connectivity index (χ0) is 18.0. The number of nitriles is 1. The Morgan fingerprint density at radius 3 is 2.68 bits per heavy atom. The molecule has 0 aromatic heterocycles. The Hall–Kier alpha value is -3.27. The topological polar surface area (TPSA) is 62.1 Å². The fourth-order valence-electron chi connectivity index (χ4n) is 2.51. The van der Waals surface area contributed by atoms with Crippen molar-refractivity contribution in [3.05, 3.63) is 59.2 Å². The first-order valence-corrected chi connectivity index (χ1v) is 7.23. The third kappa shape index (κ3) is 3.33. The van der Waals surface area contributed by atoms with Crippen LogP contribution >= 0.6 is 0 Å². The summed E-state index contributed by atoms with van der Waals surface area (Å²) in [4.78, 5) is 12.2. The molecule has 0 aliphatic carbocycles. The summed E-state index contributed by atoms with van der Waals surface area (Å²) in [6, 6.07) is 11.7. The molecule has 0 spiro atoms. The Labute approximate surface area is 141 Å². The lowest BCUT2D eigenvalue weighted by Crippen LogP contribution is -2.06. The van der Waals surface area contributed by atoms with E-state index < -0.39 is 17.6 Å². The van der Waals surface area contributed by atoms with Gasteiger partial charge in [-0.25, -0.2) is 0 Å². The molecular weight excluding hydrogens is 333 g/mol. The number of carbonyl (C=O) groups excluding carboxylic acids is 1. The molecule has 1 aliphatic rings. The summed E-state index contributed by atoms with van der Waals surface area (Å²) in [5.41, 5.74) is 0.451. The number of rotatable bonds is 3. The maximum absolute atomic E-state index is 12.8. The van der Waals surface area contributed by atoms with Crippen molar-refractivity contribution in [2.45, 2.75) is 6.18 Å². The van der Waals surface area contributed by atoms with E-state index in [2.05, 4.69) is 5.32 Å². The second-order valence-electron chi connectivity index (χ2n) is 5.25. The maximum Gasteiger partial charge on any atom is 0.416 e. The summed E-state index contributed by atoms with van der Waals surface area (Å²) in [5, 5.41) is 11.1. The first kappa shape index (κ1) is 16.6. The van der Waals surface area contributed by atoms with E-state index in [1.165, 1.54) is 12.1 Å². The summed E-state index contributed by atoms with van der Waals surface area (Å²) in [7, 11) is 0. The molecule has 2 aromatic rings. The lowest BCUT2D eigenvalue weighted by molar-refractivity contribution is -0.137. The predicted octanol–water partition coefficient (Wildman–Crippen LogP) is 4.10. The van der Waals surface area contributed by atoms with Crippen LogP contribution in [0, 0.1) is 11.3 Å². The highest BCUT2D eigenvalue weighted by atomic mass is 19.4. The van der Waals surface area contributed by atoms with Crippen molar-refractivity contribution in [3.63, 3.8) is 0 Å². The molecule has 0 fully saturated rings. The van der Waals surface area contributed by atoms with Crippen molar-refractivity contribution in [2.24, 2.45) is 0 Å². The summed E-state index contributed by atoms with van der Waals surface area (Å²) in [5.74, 6) is -0.0888. The standard InChI is InChI=1S/C18H11F3N2O2/c19-18(20,21)12-5-6-13-14(17(24)23-15(13)10-12)9-11-3-1-2-4-16(11)25-8-7-22/h1-6,9-10H,8H2,(H,23,24)/b14-9-. The Morgan fingerprint density at radius 2 is 1.96 bits per heavy atom. The van der Waals surface area contributed by atoms with Crippen LogP contribution in [0.2, 0.25) is 0 Å². The van der Waals surface area contributed by atoms with Crippen LogP contribution < -0.4 is 10.1 Å². The molecular formula is C18H11F3N2O2. The van der Waals surface area contributed by atoms with Crippen LogP contribution in [0.25, 0.3) is 11.6 Å². The minimum atomic E-state index is -4.48. The van der Waals surface area contributed by atoms with Crippen molar-refractivity contribution >= 4 is 23.2 Å². The van der Waals surface area contributed by atoms with Crippen molar-refractivity contribution in [1.29, 1.82) is 5.26 Å². The molecule has 4 nitrogen and oxygen atoms in total. The van der Waals surface area contributed by atoms with E-state index in [4.69, 9.17) is 10.00 Å². The van der Waals surface area contributed by atoms with Gasteiger partial charge in [-0.05, 0) is 24.3 Å². The number of hydrogen-bond donors (Lipinski definition) is 1. The van der Waals surface area contributed by atoms with Gasteiger partial charge >= 0.3 is 6.18 Å². The molecule has 0 atom stereocenters. The van der Waals surface area contributed by atoms with Crippen LogP contribution in [0.3, 0.4) is 0 Å². The fraction of sp³-hybridized carbons (Fsp3) is 0.111. The molecule has 2 aromatic carbocycles. The molecule has 1 aliphatic heterocycles. The summed E-state index contributed by atoms with van der Waals surface area (Å²) >= 11 is 0. The van der Waals surface area contributed by atoms with Crippen LogP contribution in [-0.4, -0.2) is 12.5 Å². The van der Waals surface area contributed by atoms with E-state index in [0.29, 0.717) is 16.9 Å². The van der Waals surface area contributed by atoms with Gasteiger partial charge in [-0.15, -0.1) is 0 Å². The number of alkyl halides is 3. The third-order valence-electron chi connectivity index (χ3n) is 3.64. The Morgan fingerprint density at radius 1 is 1.20 bits per heavy atom. The predicted molar refractivity (Wildman–Crippen MR) is 85.5 cm³/mol. The fourth-order valence-corrected chi connectivity index (χ4v) is 2.51. The molecule has 0 unspecified atom stereocenters. The molecule has 1 N–H and O–H groups in total. The van der Waals surface area contributed by atoms with Gasteiger partial charge in [-0.2, -0.15) is 18.4 Å². The van der Waals surface area contributed by atoms with Gasteiger partial charge < -0.3 is 10.1 Å². The number of carbonyl (C=O) groups is 1. The van der Waals surface area contributed by atoms with E-state index in [1.54, 1.807) is 24.3 Å². The number of hydrogen-bond acceptors (Lipinski definition) is 3. The largest absolute Gasteiger partial charge is 0.478 e. The smallest absolute Gasteiger partial charge is 0.416 e. The van der Waals surface area contributed by atoms with Gasteiger partial charge in [0.15, 0.2) is 6.61 Å². The Bertz CT molecular complexity index is 911. The van der Waals surface area contributed by atoms with Gasteiger partial charge in [0.2, 0.25) is 0 Å². The zero-order valence-corrected chi connectivity index (χ0v) is 12.7. The second kappa shape index (κ2) is 6.32. The quantitative estimate of drug-likeness (QED) is 0.853. The van der Waals surface area contributed by atoms with Crippen LogP contribution in [0.1, 0.15) is 16.7 Å². The number of para-hydroxylation sites is 1. The highest BCUT2D eigenvalue weighted by Gasteiger charge is 2.33. The lowest BCUT2D eigenvalue weighted by Gasteiger charge is -2.08. The molecule has 1 amide bonds. The molecule has 7 heteroatoms. The monoisotopic (exact) mass is 344 g/mol. The van der Waals surface area contributed by atoms with E-state index in [0.717, 1.165) is 12.1 Å². The number of amides is 1. The number of nitrogens with one attached hydrogen (secondary N) is 1. The average molecular weight is 344 g/mol. The first-order chi connectivity index (χ1) is 11.9. The van der Waals surface area contributed by atoms with Crippen LogP contribution in [0.5, 0.6) is 5.75 Å². The molecule has 0 bridgehead atoms. The highest BCUT2D eigenvalue weighted by Crippen LogP contribution is 2.38. The highest BCUT2D eigenvalue weighted by molar-refractivity contribution is 6.35. The first-order valence-electron chi connectivity index (χ1n) is 7.23. The Kier molecular flexibility index (Phi) is 4.19. The van der Waals surface area contributed by atoms with Crippen molar-refractivity contribution in [1.82, 2.24) is 0 Å². The van der Waals surface area contributed by atoms with Crippen molar-refractivity contribution < 1.29 is 22.7 Å². The number of benzene rings is 2. The van der Waals surface area contributed by atoms with Crippen LogP contribution in [0.15, 0.2) is 42.5 Å². The van der Waals surface area contributed by atoms with Gasteiger partial charge in [-0.1, -0.05) is 24.3 Å². The molecule has 126 valence electrons. The van der Waals surface area contributed by atoms with Gasteiger partial charge in [-0.3, -0.25) is 4.79 Å². The molecule has 25 heavy (non-hydrogen) atoms. The van der Waals surface area contributed by atoms with Gasteiger partial charge in [0.25, 0.3) is 5.91 Å². The van der Waals surface area contributed by atoms with Gasteiger partial charge in [0.1, 0.15) is 11.8 Å². The normalized spacial score (nSPS) is 14.8. The van der Waals surface area contributed by atoms with Gasteiger partial charge in [0.05, 0.1) is 5.56 Å². The van der Waals surface area contributed by atoms with E-state index in [1.807, 2.05) is 6.07 Å². The SMILES string of the molecule is N#CCOc1ccccc1/C=C1\C(=O)Nc2cc(C(F)(F)F)ccc21. The number of ether oxygens (including phenoxy) is 1. The maximum atomic E-state index is 12.8. The lowest BCUT2D eigenvalue weighted by atomic mass is 10.0. The third-order valence-corrected chi connectivity index (χ3v) is 3.64. The molecule has 0 radical (unpaired) electrons. The van der Waals surface area contributed by atoms with Gasteiger partial charge in [0, 0.05) is 22.4 Å². The number of halogens is 3. The summed E-state index contributed by atoms with van der Waals surface area (Å²) in [6.45, 7) is -0.155. The number of anilines is 1. The molecule has 1 heterocycles. The minimum Gasteiger partial charge on any atom is -0.478 e. The van der Waals surface area contributed by atoms with E-state index in [-0.39, 0.29) is 17.9 Å². The Balaban J connectivity index is 2.02. The molecule has 0 saturated carbocycles. The molecule has 0 saturated heterocycles. The average Bonchev–Trinajstić information content (AvgIpc) is 2.88.